The Kier molecular flexibility index (Phi) is 6.54. The SMILES string of the molecule is O=C(COC(=O)c1csc(-c2ccccc2)n1)NC(=O)NC1CCCCC1. The van der Waals surface area contributed by atoms with Crippen LogP contribution in [0.15, 0.2) is 35.7 Å². The van der Waals surface area contributed by atoms with Crippen LogP contribution in [0.5, 0.6) is 0 Å². The highest BCUT2D eigenvalue weighted by molar-refractivity contribution is 7.13. The maximum atomic E-state index is 12.0. The van der Waals surface area contributed by atoms with Crippen LogP contribution in [0.4, 0.5) is 4.79 Å². The predicted octanol–water partition coefficient (Wildman–Crippen LogP) is 3.13. The molecule has 0 radical (unpaired) electrons. The van der Waals surface area contributed by atoms with Crippen LogP contribution in [0, 0.1) is 0 Å². The summed E-state index contributed by atoms with van der Waals surface area (Å²) in [6.07, 6.45) is 5.18. The van der Waals surface area contributed by atoms with Gasteiger partial charge in [0.05, 0.1) is 0 Å². The zero-order chi connectivity index (χ0) is 19.1. The van der Waals surface area contributed by atoms with Crippen LogP contribution in [0.2, 0.25) is 0 Å². The Bertz CT molecular complexity index is 800. The molecule has 27 heavy (non-hydrogen) atoms. The van der Waals surface area contributed by atoms with Crippen molar-refractivity contribution in [3.05, 3.63) is 41.4 Å². The Morgan fingerprint density at radius 2 is 1.85 bits per heavy atom. The van der Waals surface area contributed by atoms with Crippen molar-refractivity contribution in [2.75, 3.05) is 6.61 Å². The number of benzene rings is 1. The quantitative estimate of drug-likeness (QED) is 0.768. The minimum absolute atomic E-state index is 0.0977. The Balaban J connectivity index is 1.44. The normalized spacial score (nSPS) is 14.4. The smallest absolute Gasteiger partial charge is 0.358 e. The lowest BCUT2D eigenvalue weighted by Gasteiger charge is -2.22. The Labute approximate surface area is 161 Å². The number of rotatable bonds is 5. The number of carbonyl (C=O) groups excluding carboxylic acids is 3. The molecule has 1 aromatic carbocycles. The fourth-order valence-electron chi connectivity index (χ4n) is 2.92. The second-order valence-electron chi connectivity index (χ2n) is 6.34. The highest BCUT2D eigenvalue weighted by Crippen LogP contribution is 2.23. The number of nitrogens with one attached hydrogen (secondary N) is 2. The molecule has 2 aromatic rings. The lowest BCUT2D eigenvalue weighted by Crippen LogP contribution is -2.46. The summed E-state index contributed by atoms with van der Waals surface area (Å²) in [6.45, 7) is -0.533. The summed E-state index contributed by atoms with van der Waals surface area (Å²) >= 11 is 1.32. The molecule has 7 nitrogen and oxygen atoms in total. The second-order valence-corrected chi connectivity index (χ2v) is 7.19. The molecular formula is C19H21N3O4S. The van der Waals surface area contributed by atoms with Gasteiger partial charge in [0.1, 0.15) is 5.01 Å². The lowest BCUT2D eigenvalue weighted by atomic mass is 9.96. The van der Waals surface area contributed by atoms with E-state index in [4.69, 9.17) is 4.74 Å². The van der Waals surface area contributed by atoms with Gasteiger partial charge in [-0.3, -0.25) is 10.1 Å². The summed E-state index contributed by atoms with van der Waals surface area (Å²) in [5.74, 6) is -1.37. The van der Waals surface area contributed by atoms with Gasteiger partial charge in [-0.15, -0.1) is 11.3 Å². The Morgan fingerprint density at radius 3 is 2.59 bits per heavy atom. The van der Waals surface area contributed by atoms with Gasteiger partial charge in [0.2, 0.25) is 0 Å². The van der Waals surface area contributed by atoms with Gasteiger partial charge in [-0.1, -0.05) is 49.6 Å². The molecule has 0 saturated heterocycles. The average Bonchev–Trinajstić information content (AvgIpc) is 3.18. The predicted molar refractivity (Wildman–Crippen MR) is 101 cm³/mol. The Hall–Kier alpha value is -2.74. The van der Waals surface area contributed by atoms with Gasteiger partial charge in [0.25, 0.3) is 5.91 Å². The zero-order valence-corrected chi connectivity index (χ0v) is 15.6. The van der Waals surface area contributed by atoms with E-state index in [1.807, 2.05) is 30.3 Å². The Morgan fingerprint density at radius 1 is 1.11 bits per heavy atom. The van der Waals surface area contributed by atoms with Crippen LogP contribution < -0.4 is 10.6 Å². The van der Waals surface area contributed by atoms with E-state index in [2.05, 4.69) is 15.6 Å². The molecule has 1 fully saturated rings. The van der Waals surface area contributed by atoms with Crippen molar-refractivity contribution in [1.29, 1.82) is 0 Å². The third kappa shape index (κ3) is 5.62. The molecule has 2 N–H and O–H groups in total. The number of esters is 1. The molecule has 0 aliphatic heterocycles. The number of amides is 3. The van der Waals surface area contributed by atoms with E-state index in [9.17, 15) is 14.4 Å². The number of carbonyl (C=O) groups is 3. The van der Waals surface area contributed by atoms with Crippen molar-refractivity contribution < 1.29 is 19.1 Å². The van der Waals surface area contributed by atoms with E-state index >= 15 is 0 Å². The summed E-state index contributed by atoms with van der Waals surface area (Å²) in [4.78, 5) is 39.9. The number of nitrogens with zero attached hydrogens (tertiary/aromatic N) is 1. The van der Waals surface area contributed by atoms with Crippen LogP contribution in [0.3, 0.4) is 0 Å². The van der Waals surface area contributed by atoms with Crippen molar-refractivity contribution in [2.24, 2.45) is 0 Å². The minimum Gasteiger partial charge on any atom is -0.451 e. The van der Waals surface area contributed by atoms with Gasteiger partial charge < -0.3 is 10.1 Å². The number of thiazole rings is 1. The average molecular weight is 387 g/mol. The number of hydrogen-bond donors (Lipinski definition) is 2. The first kappa shape index (κ1) is 19.0. The largest absolute Gasteiger partial charge is 0.451 e. The molecule has 0 unspecified atom stereocenters. The molecule has 1 aliphatic carbocycles. The maximum absolute atomic E-state index is 12.0. The van der Waals surface area contributed by atoms with Crippen LogP contribution in [-0.4, -0.2) is 35.5 Å². The van der Waals surface area contributed by atoms with Crippen LogP contribution >= 0.6 is 11.3 Å². The first-order valence-corrected chi connectivity index (χ1v) is 9.78. The molecule has 1 aromatic heterocycles. The summed E-state index contributed by atoms with van der Waals surface area (Å²) in [7, 11) is 0. The van der Waals surface area contributed by atoms with Gasteiger partial charge in [0.15, 0.2) is 12.3 Å². The number of ether oxygens (including phenoxy) is 1. The van der Waals surface area contributed by atoms with Crippen LogP contribution in [0.25, 0.3) is 10.6 Å². The summed E-state index contributed by atoms with van der Waals surface area (Å²) in [6, 6.07) is 9.01. The number of aromatic nitrogens is 1. The summed E-state index contributed by atoms with van der Waals surface area (Å²) < 4.78 is 4.94. The molecule has 142 valence electrons. The van der Waals surface area contributed by atoms with E-state index in [0.717, 1.165) is 31.2 Å². The number of urea groups is 1. The maximum Gasteiger partial charge on any atom is 0.358 e. The van der Waals surface area contributed by atoms with Gasteiger partial charge in [-0.25, -0.2) is 14.6 Å². The third-order valence-electron chi connectivity index (χ3n) is 4.26. The van der Waals surface area contributed by atoms with Crippen molar-refractivity contribution in [3.8, 4) is 10.6 Å². The molecule has 0 bridgehead atoms. The standard InChI is InChI=1S/C19H21N3O4S/c23-16(22-19(25)20-14-9-5-2-6-10-14)11-26-18(24)15-12-27-17(21-15)13-7-3-1-4-8-13/h1,3-4,7-8,12,14H,2,5-6,9-11H2,(H2,20,22,23,25). The van der Waals surface area contributed by atoms with E-state index in [1.54, 1.807) is 5.38 Å². The number of hydrogen-bond acceptors (Lipinski definition) is 6. The lowest BCUT2D eigenvalue weighted by molar-refractivity contribution is -0.123. The second kappa shape index (κ2) is 9.27. The van der Waals surface area contributed by atoms with E-state index < -0.39 is 24.5 Å². The number of imide groups is 1. The van der Waals surface area contributed by atoms with Gasteiger partial charge in [-0.2, -0.15) is 0 Å². The van der Waals surface area contributed by atoms with Gasteiger partial charge in [-0.05, 0) is 12.8 Å². The molecule has 1 aliphatic rings. The zero-order valence-electron chi connectivity index (χ0n) is 14.8. The van der Waals surface area contributed by atoms with Gasteiger partial charge in [0, 0.05) is 17.0 Å². The highest BCUT2D eigenvalue weighted by Gasteiger charge is 2.18. The van der Waals surface area contributed by atoms with E-state index in [-0.39, 0.29) is 11.7 Å². The fourth-order valence-corrected chi connectivity index (χ4v) is 3.71. The fraction of sp³-hybridized carbons (Fsp3) is 0.368. The molecule has 3 rings (SSSR count). The molecule has 3 amide bonds. The van der Waals surface area contributed by atoms with E-state index in [0.29, 0.717) is 5.01 Å². The van der Waals surface area contributed by atoms with E-state index in [1.165, 1.54) is 17.8 Å². The van der Waals surface area contributed by atoms with Crippen molar-refractivity contribution in [2.45, 2.75) is 38.1 Å². The highest BCUT2D eigenvalue weighted by atomic mass is 32.1. The minimum atomic E-state index is -0.698. The summed E-state index contributed by atoms with van der Waals surface area (Å²) in [5.41, 5.74) is 1.04. The molecular weight excluding hydrogens is 366 g/mol. The third-order valence-corrected chi connectivity index (χ3v) is 5.15. The van der Waals surface area contributed by atoms with Crippen molar-refractivity contribution in [1.82, 2.24) is 15.6 Å². The molecule has 8 heteroatoms. The van der Waals surface area contributed by atoms with Crippen LogP contribution in [0.1, 0.15) is 42.6 Å². The first-order valence-electron chi connectivity index (χ1n) is 8.90. The van der Waals surface area contributed by atoms with Crippen LogP contribution in [-0.2, 0) is 9.53 Å². The van der Waals surface area contributed by atoms with Gasteiger partial charge >= 0.3 is 12.0 Å². The molecule has 1 saturated carbocycles. The summed E-state index contributed by atoms with van der Waals surface area (Å²) in [5, 5.41) is 7.22. The topological polar surface area (TPSA) is 97.4 Å². The van der Waals surface area contributed by atoms with Crippen molar-refractivity contribution in [3.63, 3.8) is 0 Å². The molecule has 0 atom stereocenters. The molecule has 0 spiro atoms. The molecule has 1 heterocycles. The van der Waals surface area contributed by atoms with Crippen molar-refractivity contribution >= 4 is 29.2 Å². The first-order chi connectivity index (χ1) is 13.1. The monoisotopic (exact) mass is 387 g/mol.